The number of methoxy groups -OCH3 is 1. The van der Waals surface area contributed by atoms with Crippen LogP contribution in [0.2, 0.25) is 0 Å². The van der Waals surface area contributed by atoms with Crippen molar-refractivity contribution in [3.8, 4) is 5.75 Å². The maximum atomic E-state index is 12.7. The Morgan fingerprint density at radius 1 is 1.23 bits per heavy atom. The molecule has 0 unspecified atom stereocenters. The van der Waals surface area contributed by atoms with E-state index in [1.807, 2.05) is 24.3 Å². The van der Waals surface area contributed by atoms with Crippen molar-refractivity contribution >= 4 is 17.5 Å². The average molecular weight is 359 g/mol. The molecule has 26 heavy (non-hydrogen) atoms. The van der Waals surface area contributed by atoms with Crippen LogP contribution in [-0.2, 0) is 9.59 Å². The Bertz CT molecular complexity index is 643. The highest BCUT2D eigenvalue weighted by atomic mass is 16.5. The first-order chi connectivity index (χ1) is 12.6. The van der Waals surface area contributed by atoms with Crippen LogP contribution < -0.4 is 15.4 Å². The van der Waals surface area contributed by atoms with Crippen molar-refractivity contribution in [2.24, 2.45) is 11.7 Å². The monoisotopic (exact) mass is 359 g/mol. The molecule has 0 spiro atoms. The molecule has 2 fully saturated rings. The molecule has 6 heteroatoms. The summed E-state index contributed by atoms with van der Waals surface area (Å²) in [5.41, 5.74) is 6.93. The van der Waals surface area contributed by atoms with E-state index in [0.29, 0.717) is 24.8 Å². The van der Waals surface area contributed by atoms with E-state index in [1.54, 1.807) is 16.9 Å². The number of benzene rings is 1. The molecular weight excluding hydrogens is 330 g/mol. The van der Waals surface area contributed by atoms with Crippen molar-refractivity contribution in [1.82, 2.24) is 4.90 Å². The molecule has 1 aromatic carbocycles. The van der Waals surface area contributed by atoms with Crippen LogP contribution in [0.1, 0.15) is 38.5 Å². The maximum absolute atomic E-state index is 12.7. The highest BCUT2D eigenvalue weighted by Crippen LogP contribution is 2.30. The number of rotatable bonds is 5. The number of para-hydroxylation sites is 2. The minimum absolute atomic E-state index is 0.0786. The number of hydrogen-bond donors (Lipinski definition) is 1. The molecule has 0 radical (unpaired) electrons. The Hall–Kier alpha value is -2.08. The van der Waals surface area contributed by atoms with Crippen molar-refractivity contribution in [2.45, 2.75) is 44.6 Å². The second-order valence-electron chi connectivity index (χ2n) is 7.32. The largest absolute Gasteiger partial charge is 0.495 e. The van der Waals surface area contributed by atoms with Crippen molar-refractivity contribution in [3.05, 3.63) is 24.3 Å². The molecular formula is C20H29N3O3. The molecule has 1 atom stereocenters. The number of ether oxygens (including phenoxy) is 1. The summed E-state index contributed by atoms with van der Waals surface area (Å²) in [5.74, 6) is 1.02. The predicted molar refractivity (Wildman–Crippen MR) is 101 cm³/mol. The van der Waals surface area contributed by atoms with E-state index >= 15 is 0 Å². The van der Waals surface area contributed by atoms with E-state index < -0.39 is 6.04 Å². The minimum Gasteiger partial charge on any atom is -0.495 e. The first kappa shape index (κ1) is 18.7. The number of nitrogens with zero attached hydrogens (tertiary/aromatic N) is 2. The van der Waals surface area contributed by atoms with Gasteiger partial charge in [-0.05, 0) is 24.5 Å². The van der Waals surface area contributed by atoms with Crippen LogP contribution in [0.15, 0.2) is 24.3 Å². The van der Waals surface area contributed by atoms with Crippen LogP contribution >= 0.6 is 0 Å². The molecule has 1 aromatic rings. The summed E-state index contributed by atoms with van der Waals surface area (Å²) in [6.45, 7) is 1.04. The lowest BCUT2D eigenvalue weighted by Crippen LogP contribution is -2.56. The van der Waals surface area contributed by atoms with Gasteiger partial charge in [0.2, 0.25) is 11.8 Å². The molecule has 6 nitrogen and oxygen atoms in total. The van der Waals surface area contributed by atoms with Gasteiger partial charge in [0.15, 0.2) is 0 Å². The number of nitrogens with two attached hydrogens (primary N) is 1. The fourth-order valence-corrected chi connectivity index (χ4v) is 4.09. The molecule has 3 rings (SSSR count). The molecule has 1 aliphatic heterocycles. The number of carbonyl (C=O) groups excluding carboxylic acids is 2. The van der Waals surface area contributed by atoms with E-state index in [1.165, 1.54) is 32.1 Å². The summed E-state index contributed by atoms with van der Waals surface area (Å²) in [6.07, 6.45) is 6.84. The number of anilines is 1. The summed E-state index contributed by atoms with van der Waals surface area (Å²) in [7, 11) is 1.59. The Kier molecular flexibility index (Phi) is 6.14. The first-order valence-electron chi connectivity index (χ1n) is 9.58. The SMILES string of the molecule is COc1ccccc1N1CCN(C(=O)[C@@H](N)CC2CCCCC2)CC1=O. The lowest BCUT2D eigenvalue weighted by molar-refractivity contribution is -0.138. The van der Waals surface area contributed by atoms with Gasteiger partial charge >= 0.3 is 0 Å². The molecule has 1 saturated heterocycles. The van der Waals surface area contributed by atoms with Gasteiger partial charge in [-0.15, -0.1) is 0 Å². The summed E-state index contributed by atoms with van der Waals surface area (Å²) in [6, 6.07) is 6.95. The minimum atomic E-state index is -0.497. The van der Waals surface area contributed by atoms with Crippen LogP contribution in [0.4, 0.5) is 5.69 Å². The van der Waals surface area contributed by atoms with Gasteiger partial charge in [-0.3, -0.25) is 9.59 Å². The van der Waals surface area contributed by atoms with Crippen LogP contribution in [0.5, 0.6) is 5.75 Å². The number of carbonyl (C=O) groups is 2. The zero-order chi connectivity index (χ0) is 18.5. The molecule has 0 aromatic heterocycles. The molecule has 2 N–H and O–H groups in total. The fraction of sp³-hybridized carbons (Fsp3) is 0.600. The normalized spacial score (nSPS) is 20.2. The van der Waals surface area contributed by atoms with Crippen molar-refractivity contribution < 1.29 is 14.3 Å². The number of hydrogen-bond acceptors (Lipinski definition) is 4. The quantitative estimate of drug-likeness (QED) is 0.874. The van der Waals surface area contributed by atoms with Crippen LogP contribution in [0, 0.1) is 5.92 Å². The van der Waals surface area contributed by atoms with E-state index in [-0.39, 0.29) is 18.4 Å². The van der Waals surface area contributed by atoms with Crippen molar-refractivity contribution in [3.63, 3.8) is 0 Å². The standard InChI is InChI=1S/C20H29N3O3/c1-26-18-10-6-5-9-17(18)23-12-11-22(14-19(23)24)20(25)16(21)13-15-7-3-2-4-8-15/h5-6,9-10,15-16H,2-4,7-8,11-14,21H2,1H3/t16-/m0/s1. The van der Waals surface area contributed by atoms with E-state index in [9.17, 15) is 9.59 Å². The van der Waals surface area contributed by atoms with Crippen LogP contribution in [-0.4, -0.2) is 49.5 Å². The van der Waals surface area contributed by atoms with Gasteiger partial charge in [0.1, 0.15) is 12.3 Å². The van der Waals surface area contributed by atoms with E-state index in [0.717, 1.165) is 12.1 Å². The third kappa shape index (κ3) is 4.18. The first-order valence-corrected chi connectivity index (χ1v) is 9.58. The fourth-order valence-electron chi connectivity index (χ4n) is 4.09. The maximum Gasteiger partial charge on any atom is 0.246 e. The molecule has 1 aliphatic carbocycles. The summed E-state index contributed by atoms with van der Waals surface area (Å²) in [5, 5.41) is 0. The van der Waals surface area contributed by atoms with Gasteiger partial charge < -0.3 is 20.3 Å². The van der Waals surface area contributed by atoms with Gasteiger partial charge in [-0.1, -0.05) is 44.2 Å². The van der Waals surface area contributed by atoms with Gasteiger partial charge in [0.25, 0.3) is 0 Å². The highest BCUT2D eigenvalue weighted by molar-refractivity contribution is 5.99. The van der Waals surface area contributed by atoms with Gasteiger partial charge in [0.05, 0.1) is 18.8 Å². The Morgan fingerprint density at radius 2 is 1.96 bits per heavy atom. The third-order valence-electron chi connectivity index (χ3n) is 5.54. The van der Waals surface area contributed by atoms with Crippen molar-refractivity contribution in [1.29, 1.82) is 0 Å². The molecule has 1 heterocycles. The smallest absolute Gasteiger partial charge is 0.246 e. The average Bonchev–Trinajstić information content (AvgIpc) is 2.68. The van der Waals surface area contributed by atoms with Crippen LogP contribution in [0.25, 0.3) is 0 Å². The Labute approximate surface area is 155 Å². The lowest BCUT2D eigenvalue weighted by Gasteiger charge is -2.36. The third-order valence-corrected chi connectivity index (χ3v) is 5.54. The summed E-state index contributed by atoms with van der Waals surface area (Å²) >= 11 is 0. The van der Waals surface area contributed by atoms with Crippen molar-refractivity contribution in [2.75, 3.05) is 31.6 Å². The molecule has 2 aliphatic rings. The second kappa shape index (κ2) is 8.54. The van der Waals surface area contributed by atoms with E-state index in [2.05, 4.69) is 0 Å². The molecule has 0 bridgehead atoms. The lowest BCUT2D eigenvalue weighted by atomic mass is 9.84. The Balaban J connectivity index is 1.59. The molecule has 142 valence electrons. The van der Waals surface area contributed by atoms with E-state index in [4.69, 9.17) is 10.5 Å². The zero-order valence-corrected chi connectivity index (χ0v) is 15.5. The number of piperazine rings is 1. The summed E-state index contributed by atoms with van der Waals surface area (Å²) in [4.78, 5) is 28.6. The predicted octanol–water partition coefficient (Wildman–Crippen LogP) is 2.17. The number of amides is 2. The van der Waals surface area contributed by atoms with Crippen LogP contribution in [0.3, 0.4) is 0 Å². The Morgan fingerprint density at radius 3 is 2.65 bits per heavy atom. The zero-order valence-electron chi connectivity index (χ0n) is 15.5. The van der Waals surface area contributed by atoms with Gasteiger partial charge in [-0.25, -0.2) is 0 Å². The molecule has 1 saturated carbocycles. The highest BCUT2D eigenvalue weighted by Gasteiger charge is 2.32. The summed E-state index contributed by atoms with van der Waals surface area (Å²) < 4.78 is 5.35. The topological polar surface area (TPSA) is 75.9 Å². The second-order valence-corrected chi connectivity index (χ2v) is 7.32. The molecule has 2 amide bonds. The van der Waals surface area contributed by atoms with Gasteiger partial charge in [-0.2, -0.15) is 0 Å². The van der Waals surface area contributed by atoms with Gasteiger partial charge in [0, 0.05) is 13.1 Å².